The second-order valence-electron chi connectivity index (χ2n) is 6.03. The molecule has 0 aliphatic carbocycles. The number of rotatable bonds is 6. The predicted molar refractivity (Wildman–Crippen MR) is 115 cm³/mol. The molecular formula is C21H16ClN3O3S. The smallest absolute Gasteiger partial charge is 0.234 e. The van der Waals surface area contributed by atoms with E-state index in [1.807, 2.05) is 30.3 Å². The zero-order chi connectivity index (χ0) is 20.2. The van der Waals surface area contributed by atoms with Crippen LogP contribution in [-0.4, -0.2) is 28.7 Å². The Morgan fingerprint density at radius 3 is 2.79 bits per heavy atom. The number of methoxy groups -OCH3 is 1. The molecule has 0 saturated heterocycles. The van der Waals surface area contributed by atoms with Gasteiger partial charge in [-0.15, -0.1) is 11.8 Å². The predicted octanol–water partition coefficient (Wildman–Crippen LogP) is 5.28. The molecule has 0 fully saturated rings. The molecule has 4 rings (SSSR count). The monoisotopic (exact) mass is 425 g/mol. The lowest BCUT2D eigenvalue weighted by Gasteiger charge is -2.13. The first-order valence-corrected chi connectivity index (χ1v) is 10.1. The van der Waals surface area contributed by atoms with Crippen molar-refractivity contribution in [2.45, 2.75) is 4.90 Å². The summed E-state index contributed by atoms with van der Waals surface area (Å²) in [6, 6.07) is 16.7. The molecule has 0 radical (unpaired) electrons. The molecule has 29 heavy (non-hydrogen) atoms. The molecule has 2 heterocycles. The van der Waals surface area contributed by atoms with E-state index in [1.165, 1.54) is 18.9 Å². The van der Waals surface area contributed by atoms with E-state index in [2.05, 4.69) is 15.3 Å². The van der Waals surface area contributed by atoms with Crippen LogP contribution >= 0.6 is 23.4 Å². The van der Waals surface area contributed by atoms with Crippen molar-refractivity contribution >= 4 is 46.2 Å². The molecule has 0 aliphatic rings. The normalized spacial score (nSPS) is 10.8. The Bertz CT molecular complexity index is 1130. The third-order valence-corrected chi connectivity index (χ3v) is 5.34. The van der Waals surface area contributed by atoms with Crippen molar-refractivity contribution in [3.63, 3.8) is 0 Å². The molecule has 146 valence electrons. The molecule has 0 unspecified atom stereocenters. The fraction of sp³-hybridized carbons (Fsp3) is 0.0952. The highest BCUT2D eigenvalue weighted by Gasteiger charge is 2.17. The summed E-state index contributed by atoms with van der Waals surface area (Å²) in [5, 5.41) is 3.20. The van der Waals surface area contributed by atoms with E-state index in [4.69, 9.17) is 20.8 Å². The number of benzene rings is 2. The van der Waals surface area contributed by atoms with E-state index >= 15 is 0 Å². The van der Waals surface area contributed by atoms with E-state index in [0.717, 1.165) is 4.90 Å². The van der Waals surface area contributed by atoms with Gasteiger partial charge in [-0.3, -0.25) is 4.79 Å². The third-order valence-electron chi connectivity index (χ3n) is 4.05. The van der Waals surface area contributed by atoms with Gasteiger partial charge < -0.3 is 14.5 Å². The Morgan fingerprint density at radius 1 is 1.21 bits per heavy atom. The topological polar surface area (TPSA) is 77.2 Å². The van der Waals surface area contributed by atoms with Crippen LogP contribution in [0.2, 0.25) is 5.02 Å². The number of thioether (sulfide) groups is 1. The van der Waals surface area contributed by atoms with Crippen LogP contribution in [0.1, 0.15) is 0 Å². The highest BCUT2D eigenvalue weighted by Crippen LogP contribution is 2.38. The van der Waals surface area contributed by atoms with Gasteiger partial charge in [0.05, 0.1) is 23.6 Å². The van der Waals surface area contributed by atoms with Crippen molar-refractivity contribution in [3.8, 4) is 17.2 Å². The lowest BCUT2D eigenvalue weighted by Crippen LogP contribution is -2.15. The molecule has 6 nitrogen and oxygen atoms in total. The zero-order valence-electron chi connectivity index (χ0n) is 15.4. The minimum atomic E-state index is -0.176. The number of anilines is 1. The second-order valence-corrected chi connectivity index (χ2v) is 7.49. The molecule has 2 aromatic heterocycles. The Labute approximate surface area is 176 Å². The zero-order valence-corrected chi connectivity index (χ0v) is 17.0. The number of pyridine rings is 1. The number of ether oxygens (including phenoxy) is 1. The number of aromatic nitrogens is 2. The number of carbonyl (C=O) groups excluding carboxylic acids is 1. The van der Waals surface area contributed by atoms with Crippen molar-refractivity contribution in [2.75, 3.05) is 18.2 Å². The van der Waals surface area contributed by atoms with Crippen LogP contribution in [0.25, 0.3) is 22.7 Å². The number of halogens is 1. The number of amides is 1. The summed E-state index contributed by atoms with van der Waals surface area (Å²) < 4.78 is 11.1. The molecule has 0 atom stereocenters. The van der Waals surface area contributed by atoms with Gasteiger partial charge in [-0.2, -0.15) is 4.98 Å². The summed E-state index contributed by atoms with van der Waals surface area (Å²) in [4.78, 5) is 22.0. The summed E-state index contributed by atoms with van der Waals surface area (Å²) in [5.41, 5.74) is 2.13. The van der Waals surface area contributed by atoms with Gasteiger partial charge in [0.25, 0.3) is 0 Å². The van der Waals surface area contributed by atoms with E-state index in [-0.39, 0.29) is 11.7 Å². The largest absolute Gasteiger partial charge is 0.493 e. The molecular weight excluding hydrogens is 410 g/mol. The van der Waals surface area contributed by atoms with Crippen LogP contribution in [0.15, 0.2) is 70.1 Å². The number of hydrogen-bond donors (Lipinski definition) is 1. The van der Waals surface area contributed by atoms with E-state index in [0.29, 0.717) is 39.1 Å². The maximum Gasteiger partial charge on any atom is 0.234 e. The maximum atomic E-state index is 12.5. The standard InChI is InChI=1S/C21H16ClN3O3S/c1-27-19-15(22)10-13(21-25-20-17(28-21)8-5-9-23-20)11-16(19)24-18(26)12-29-14-6-3-2-4-7-14/h2-11H,12H2,1H3,(H,24,26). The summed E-state index contributed by atoms with van der Waals surface area (Å²) in [6.45, 7) is 0. The Kier molecular flexibility index (Phi) is 5.69. The van der Waals surface area contributed by atoms with Crippen molar-refractivity contribution in [1.82, 2.24) is 9.97 Å². The van der Waals surface area contributed by atoms with Crippen molar-refractivity contribution in [1.29, 1.82) is 0 Å². The van der Waals surface area contributed by atoms with Crippen LogP contribution in [-0.2, 0) is 4.79 Å². The molecule has 2 aromatic carbocycles. The lowest BCUT2D eigenvalue weighted by molar-refractivity contribution is -0.113. The van der Waals surface area contributed by atoms with Gasteiger partial charge in [0, 0.05) is 16.7 Å². The molecule has 1 amide bonds. The van der Waals surface area contributed by atoms with Crippen LogP contribution < -0.4 is 10.1 Å². The van der Waals surface area contributed by atoms with Crippen molar-refractivity contribution in [2.24, 2.45) is 0 Å². The summed E-state index contributed by atoms with van der Waals surface area (Å²) in [6.07, 6.45) is 1.64. The second kappa shape index (κ2) is 8.55. The van der Waals surface area contributed by atoms with Gasteiger partial charge in [-0.1, -0.05) is 29.8 Å². The Balaban J connectivity index is 1.59. The highest BCUT2D eigenvalue weighted by molar-refractivity contribution is 8.00. The van der Waals surface area contributed by atoms with Gasteiger partial charge in [-0.05, 0) is 36.4 Å². The molecule has 8 heteroatoms. The Morgan fingerprint density at radius 2 is 2.03 bits per heavy atom. The summed E-state index contributed by atoms with van der Waals surface area (Å²) in [5.74, 6) is 0.812. The number of hydrogen-bond acceptors (Lipinski definition) is 6. The molecule has 0 bridgehead atoms. The minimum absolute atomic E-state index is 0.176. The number of nitrogens with zero attached hydrogens (tertiary/aromatic N) is 2. The first kappa shape index (κ1) is 19.3. The first-order chi connectivity index (χ1) is 14.1. The molecule has 4 aromatic rings. The average Bonchev–Trinajstić information content (AvgIpc) is 3.17. The van der Waals surface area contributed by atoms with Gasteiger partial charge in [0.1, 0.15) is 0 Å². The SMILES string of the molecule is COc1c(Cl)cc(-c2nc3ncccc3o2)cc1NC(=O)CSc1ccccc1. The third kappa shape index (κ3) is 4.36. The minimum Gasteiger partial charge on any atom is -0.493 e. The van der Waals surface area contributed by atoms with Crippen molar-refractivity contribution < 1.29 is 13.9 Å². The van der Waals surface area contributed by atoms with E-state index < -0.39 is 0 Å². The van der Waals surface area contributed by atoms with Gasteiger partial charge >= 0.3 is 0 Å². The van der Waals surface area contributed by atoms with Gasteiger partial charge in [0.15, 0.2) is 17.0 Å². The number of carbonyl (C=O) groups is 1. The van der Waals surface area contributed by atoms with Gasteiger partial charge in [-0.25, -0.2) is 4.98 Å². The summed E-state index contributed by atoms with van der Waals surface area (Å²) in [7, 11) is 1.50. The molecule has 0 aliphatic heterocycles. The highest BCUT2D eigenvalue weighted by atomic mass is 35.5. The number of fused-ring (bicyclic) bond motifs is 1. The van der Waals surface area contributed by atoms with E-state index in [9.17, 15) is 4.79 Å². The molecule has 1 N–H and O–H groups in total. The fourth-order valence-corrected chi connectivity index (χ4v) is 3.78. The number of oxazole rings is 1. The first-order valence-electron chi connectivity index (χ1n) is 8.71. The van der Waals surface area contributed by atoms with E-state index in [1.54, 1.807) is 30.5 Å². The Hall–Kier alpha value is -3.03. The molecule has 0 saturated carbocycles. The van der Waals surface area contributed by atoms with Crippen LogP contribution in [0.4, 0.5) is 5.69 Å². The summed E-state index contributed by atoms with van der Waals surface area (Å²) >= 11 is 7.82. The lowest BCUT2D eigenvalue weighted by atomic mass is 10.1. The van der Waals surface area contributed by atoms with Crippen LogP contribution in [0, 0.1) is 0 Å². The van der Waals surface area contributed by atoms with Crippen LogP contribution in [0.5, 0.6) is 5.75 Å². The maximum absolute atomic E-state index is 12.5. The van der Waals surface area contributed by atoms with Crippen LogP contribution in [0.3, 0.4) is 0 Å². The quantitative estimate of drug-likeness (QED) is 0.423. The fourth-order valence-electron chi connectivity index (χ4n) is 2.76. The number of nitrogens with one attached hydrogen (secondary N) is 1. The average molecular weight is 426 g/mol. The van der Waals surface area contributed by atoms with Gasteiger partial charge in [0.2, 0.25) is 11.8 Å². The van der Waals surface area contributed by atoms with Crippen molar-refractivity contribution in [3.05, 3.63) is 65.8 Å². The molecule has 0 spiro atoms.